The van der Waals surface area contributed by atoms with Crippen molar-refractivity contribution in [1.82, 2.24) is 9.55 Å². The van der Waals surface area contributed by atoms with Crippen LogP contribution >= 0.6 is 0 Å². The normalized spacial score (nSPS) is 11.9. The van der Waals surface area contributed by atoms with E-state index in [1.165, 1.54) is 32.7 Å². The molecule has 6 aromatic carbocycles. The third-order valence-electron chi connectivity index (χ3n) is 7.97. The minimum absolute atomic E-state index is 0.656. The van der Waals surface area contributed by atoms with Gasteiger partial charge in [-0.25, -0.2) is 4.98 Å². The fourth-order valence-electron chi connectivity index (χ4n) is 6.30. The summed E-state index contributed by atoms with van der Waals surface area (Å²) in [6.07, 6.45) is 0.807. The van der Waals surface area contributed by atoms with Crippen LogP contribution < -0.4 is 4.74 Å². The maximum absolute atomic E-state index is 9.37. The van der Waals surface area contributed by atoms with Gasteiger partial charge in [0.15, 0.2) is 11.5 Å². The van der Waals surface area contributed by atoms with Crippen molar-refractivity contribution in [3.05, 3.63) is 121 Å². The maximum atomic E-state index is 9.37. The van der Waals surface area contributed by atoms with E-state index >= 15 is 0 Å². The first-order chi connectivity index (χ1) is 19.8. The van der Waals surface area contributed by atoms with Crippen molar-refractivity contribution in [2.75, 3.05) is 0 Å². The van der Waals surface area contributed by atoms with Gasteiger partial charge in [-0.2, -0.15) is 5.26 Å². The first kappa shape index (κ1) is 22.6. The van der Waals surface area contributed by atoms with E-state index in [4.69, 9.17) is 9.72 Å². The summed E-state index contributed by atoms with van der Waals surface area (Å²) in [5.74, 6) is 2.68. The van der Waals surface area contributed by atoms with Crippen molar-refractivity contribution in [2.45, 2.75) is 13.3 Å². The molecule has 0 saturated carbocycles. The summed E-state index contributed by atoms with van der Waals surface area (Å²) in [5, 5.41) is 14.0. The molecular weight excluding hydrogens is 490 g/mol. The van der Waals surface area contributed by atoms with Gasteiger partial charge in [0.1, 0.15) is 11.3 Å². The minimum Gasteiger partial charge on any atom is -0.453 e. The highest BCUT2D eigenvalue weighted by Gasteiger charge is 2.28. The van der Waals surface area contributed by atoms with Crippen LogP contribution in [0.5, 0.6) is 11.5 Å². The van der Waals surface area contributed by atoms with E-state index in [-0.39, 0.29) is 0 Å². The van der Waals surface area contributed by atoms with Crippen LogP contribution in [0.1, 0.15) is 18.3 Å². The van der Waals surface area contributed by atoms with Gasteiger partial charge in [-0.05, 0) is 68.6 Å². The zero-order valence-electron chi connectivity index (χ0n) is 21.8. The molecule has 7 aromatic rings. The molecular formula is C36H23N3O. The molecule has 1 aliphatic rings. The number of rotatable bonds is 3. The lowest BCUT2D eigenvalue weighted by Gasteiger charge is -2.25. The second-order valence-electron chi connectivity index (χ2n) is 10.1. The molecule has 2 heterocycles. The van der Waals surface area contributed by atoms with Gasteiger partial charge in [0.05, 0.1) is 22.8 Å². The fourth-order valence-corrected chi connectivity index (χ4v) is 6.30. The van der Waals surface area contributed by atoms with Crippen LogP contribution in [0.2, 0.25) is 0 Å². The standard InChI is InChI=1S/C36H23N3O/c1-2-32-38-29-14-8-16-31-36(29)39(32)35-28(13-7-15-30(35)40-31)34-26-11-5-3-9-24(26)33(25-10-4-6-12-27(25)34)23-19-17-22(21-37)18-20-23/h3-20H,2H2,1H3. The lowest BCUT2D eigenvalue weighted by Crippen LogP contribution is -2.09. The van der Waals surface area contributed by atoms with Crippen molar-refractivity contribution in [3.8, 4) is 45.5 Å². The van der Waals surface area contributed by atoms with E-state index in [0.29, 0.717) is 5.56 Å². The second-order valence-corrected chi connectivity index (χ2v) is 10.1. The SMILES string of the molecule is CCc1nc2cccc3c2n1-c1c(cccc1-c1c2ccccc2c(-c2ccc(C#N)cc2)c2ccccc12)O3. The molecule has 0 amide bonds. The number of nitrogens with zero attached hydrogens (tertiary/aromatic N) is 3. The highest BCUT2D eigenvalue weighted by molar-refractivity contribution is 6.22. The predicted molar refractivity (Wildman–Crippen MR) is 161 cm³/mol. The molecule has 0 fully saturated rings. The van der Waals surface area contributed by atoms with Crippen LogP contribution in [0.15, 0.2) is 109 Å². The van der Waals surface area contributed by atoms with Crippen molar-refractivity contribution in [1.29, 1.82) is 5.26 Å². The van der Waals surface area contributed by atoms with E-state index in [1.54, 1.807) is 0 Å². The van der Waals surface area contributed by atoms with E-state index in [1.807, 2.05) is 24.3 Å². The zero-order chi connectivity index (χ0) is 26.8. The largest absolute Gasteiger partial charge is 0.453 e. The third-order valence-corrected chi connectivity index (χ3v) is 7.97. The zero-order valence-corrected chi connectivity index (χ0v) is 21.8. The Kier molecular flexibility index (Phi) is 4.83. The number of hydrogen-bond acceptors (Lipinski definition) is 3. The average Bonchev–Trinajstić information content (AvgIpc) is 3.40. The van der Waals surface area contributed by atoms with Gasteiger partial charge in [0.2, 0.25) is 0 Å². The number of nitriles is 1. The predicted octanol–water partition coefficient (Wildman–Crippen LogP) is 9.21. The molecule has 1 aromatic heterocycles. The number of benzene rings is 6. The molecule has 0 radical (unpaired) electrons. The van der Waals surface area contributed by atoms with Crippen LogP contribution in [0.25, 0.3) is 60.5 Å². The Morgan fingerprint density at radius 3 is 1.98 bits per heavy atom. The number of hydrogen-bond donors (Lipinski definition) is 0. The molecule has 8 rings (SSSR count). The van der Waals surface area contributed by atoms with E-state index in [0.717, 1.165) is 51.6 Å². The van der Waals surface area contributed by atoms with Crippen molar-refractivity contribution in [3.63, 3.8) is 0 Å². The first-order valence-electron chi connectivity index (χ1n) is 13.5. The molecule has 0 atom stereocenters. The summed E-state index contributed by atoms with van der Waals surface area (Å²) in [5.41, 5.74) is 8.19. The Morgan fingerprint density at radius 1 is 0.700 bits per heavy atom. The number of fused-ring (bicyclic) bond motifs is 4. The number of ether oxygens (including phenoxy) is 1. The topological polar surface area (TPSA) is 50.8 Å². The quantitative estimate of drug-likeness (QED) is 0.221. The summed E-state index contributed by atoms with van der Waals surface area (Å²) < 4.78 is 8.82. The van der Waals surface area contributed by atoms with Crippen molar-refractivity contribution in [2.24, 2.45) is 0 Å². The number of aromatic nitrogens is 2. The fraction of sp³-hybridized carbons (Fsp3) is 0.0556. The second kappa shape index (κ2) is 8.56. The van der Waals surface area contributed by atoms with Gasteiger partial charge in [-0.1, -0.05) is 85.8 Å². The number of imidazole rings is 1. The van der Waals surface area contributed by atoms with Crippen LogP contribution in [0.4, 0.5) is 0 Å². The summed E-state index contributed by atoms with van der Waals surface area (Å²) in [6.45, 7) is 2.15. The molecule has 0 saturated heterocycles. The molecule has 188 valence electrons. The number of para-hydroxylation sites is 2. The van der Waals surface area contributed by atoms with E-state index < -0.39 is 0 Å². The maximum Gasteiger partial charge on any atom is 0.153 e. The van der Waals surface area contributed by atoms with Crippen LogP contribution in [-0.2, 0) is 6.42 Å². The Labute approximate surface area is 231 Å². The van der Waals surface area contributed by atoms with Crippen LogP contribution in [0, 0.1) is 11.3 Å². The van der Waals surface area contributed by atoms with Crippen LogP contribution in [0.3, 0.4) is 0 Å². The summed E-state index contributed by atoms with van der Waals surface area (Å²) in [4.78, 5) is 4.99. The molecule has 0 N–H and O–H groups in total. The van der Waals surface area contributed by atoms with E-state index in [9.17, 15) is 5.26 Å². The van der Waals surface area contributed by atoms with Gasteiger partial charge in [-0.3, -0.25) is 4.57 Å². The van der Waals surface area contributed by atoms with Crippen molar-refractivity contribution < 1.29 is 4.74 Å². The molecule has 0 aliphatic carbocycles. The highest BCUT2D eigenvalue weighted by Crippen LogP contribution is 2.50. The Morgan fingerprint density at radius 2 is 1.32 bits per heavy atom. The Balaban J connectivity index is 1.52. The molecule has 4 nitrogen and oxygen atoms in total. The molecule has 4 heteroatoms. The first-order valence-corrected chi connectivity index (χ1v) is 13.5. The van der Waals surface area contributed by atoms with Gasteiger partial charge in [0.25, 0.3) is 0 Å². The lowest BCUT2D eigenvalue weighted by molar-refractivity contribution is 0.474. The van der Waals surface area contributed by atoms with Gasteiger partial charge >= 0.3 is 0 Å². The smallest absolute Gasteiger partial charge is 0.153 e. The Hall–Kier alpha value is -5.40. The minimum atomic E-state index is 0.656. The van der Waals surface area contributed by atoms with Gasteiger partial charge in [0, 0.05) is 12.0 Å². The van der Waals surface area contributed by atoms with E-state index in [2.05, 4.69) is 102 Å². The molecule has 0 spiro atoms. The third kappa shape index (κ3) is 3.09. The number of aryl methyl sites for hydroxylation is 1. The van der Waals surface area contributed by atoms with Gasteiger partial charge in [-0.15, -0.1) is 0 Å². The summed E-state index contributed by atoms with van der Waals surface area (Å²) in [7, 11) is 0. The summed E-state index contributed by atoms with van der Waals surface area (Å²) in [6, 6.07) is 39.8. The lowest BCUT2D eigenvalue weighted by atomic mass is 9.85. The molecule has 0 unspecified atom stereocenters. The van der Waals surface area contributed by atoms with Crippen molar-refractivity contribution >= 4 is 32.6 Å². The highest BCUT2D eigenvalue weighted by atomic mass is 16.5. The van der Waals surface area contributed by atoms with Crippen LogP contribution in [-0.4, -0.2) is 9.55 Å². The average molecular weight is 514 g/mol. The monoisotopic (exact) mass is 513 g/mol. The Bertz CT molecular complexity index is 2130. The molecule has 1 aliphatic heterocycles. The molecule has 0 bridgehead atoms. The summed E-state index contributed by atoms with van der Waals surface area (Å²) >= 11 is 0. The van der Waals surface area contributed by atoms with Gasteiger partial charge < -0.3 is 4.74 Å². The molecule has 40 heavy (non-hydrogen) atoms.